The zero-order valence-corrected chi connectivity index (χ0v) is 11.4. The number of hydrogen-bond acceptors (Lipinski definition) is 3. The minimum absolute atomic E-state index is 0.177. The normalized spacial score (nSPS) is 10.7. The molecule has 0 aliphatic heterocycles. The Balaban J connectivity index is 2.09. The van der Waals surface area contributed by atoms with E-state index in [0.29, 0.717) is 11.6 Å². The topological polar surface area (TPSA) is 67.6 Å². The summed E-state index contributed by atoms with van der Waals surface area (Å²) in [5, 5.41) is 0.394. The van der Waals surface area contributed by atoms with Crippen molar-refractivity contribution >= 4 is 17.5 Å². The monoisotopic (exact) mass is 284 g/mol. The fraction of sp³-hybridized carbons (Fsp3) is 0.0667. The molecule has 0 bridgehead atoms. The summed E-state index contributed by atoms with van der Waals surface area (Å²) in [5.41, 5.74) is 9.35. The summed E-state index contributed by atoms with van der Waals surface area (Å²) in [6, 6.07) is 13.9. The van der Waals surface area contributed by atoms with Crippen molar-refractivity contribution in [1.29, 1.82) is 0 Å². The number of nitrogens with two attached hydrogens (primary N) is 1. The molecule has 0 saturated heterocycles. The predicted molar refractivity (Wildman–Crippen MR) is 80.5 cm³/mol. The van der Waals surface area contributed by atoms with E-state index < -0.39 is 0 Å². The molecule has 3 rings (SSSR count). The molecule has 0 radical (unpaired) electrons. The van der Waals surface area contributed by atoms with E-state index in [4.69, 9.17) is 17.3 Å². The highest BCUT2D eigenvalue weighted by Gasteiger charge is 2.14. The Bertz CT molecular complexity index is 708. The van der Waals surface area contributed by atoms with Crippen LogP contribution < -0.4 is 5.73 Å². The number of anilines is 1. The maximum absolute atomic E-state index is 6.26. The van der Waals surface area contributed by atoms with Gasteiger partial charge in [0.1, 0.15) is 5.15 Å². The average molecular weight is 285 g/mol. The Morgan fingerprint density at radius 3 is 2.55 bits per heavy atom. The van der Waals surface area contributed by atoms with Crippen molar-refractivity contribution in [3.05, 3.63) is 64.9 Å². The molecule has 3 N–H and O–H groups in total. The van der Waals surface area contributed by atoms with Crippen molar-refractivity contribution < 1.29 is 0 Å². The van der Waals surface area contributed by atoms with Crippen molar-refractivity contribution in [2.24, 2.45) is 0 Å². The molecule has 0 fully saturated rings. The summed E-state index contributed by atoms with van der Waals surface area (Å²) in [7, 11) is 0. The van der Waals surface area contributed by atoms with Gasteiger partial charge in [0.05, 0.1) is 11.4 Å². The van der Waals surface area contributed by atoms with Gasteiger partial charge in [0.25, 0.3) is 0 Å². The first-order chi connectivity index (χ1) is 9.74. The minimum Gasteiger partial charge on any atom is -0.368 e. The number of halogens is 1. The summed E-state index contributed by atoms with van der Waals surface area (Å²) >= 11 is 6.26. The maximum atomic E-state index is 6.26. The van der Waals surface area contributed by atoms with Gasteiger partial charge in [-0.3, -0.25) is 0 Å². The second-order valence-corrected chi connectivity index (χ2v) is 4.80. The zero-order valence-electron chi connectivity index (χ0n) is 10.7. The van der Waals surface area contributed by atoms with Gasteiger partial charge in [0, 0.05) is 18.2 Å². The highest BCUT2D eigenvalue weighted by Crippen LogP contribution is 2.28. The van der Waals surface area contributed by atoms with Gasteiger partial charge in [-0.15, -0.1) is 0 Å². The summed E-state index contributed by atoms with van der Waals surface area (Å²) in [6.45, 7) is 0. The van der Waals surface area contributed by atoms with Gasteiger partial charge in [0.15, 0.2) is 0 Å². The van der Waals surface area contributed by atoms with Crippen LogP contribution in [0.4, 0.5) is 5.95 Å². The standard InChI is InChI=1S/C15H13ClN4/c16-14-11(9-10-5-2-1-3-6-10)13(19-15(17)20-14)12-7-4-8-18-12/h1-8,18H,9H2,(H2,17,19,20). The number of hydrogen-bond donors (Lipinski definition) is 2. The van der Waals surface area contributed by atoms with E-state index in [0.717, 1.165) is 22.5 Å². The van der Waals surface area contributed by atoms with E-state index in [-0.39, 0.29) is 5.95 Å². The van der Waals surface area contributed by atoms with E-state index >= 15 is 0 Å². The fourth-order valence-corrected chi connectivity index (χ4v) is 2.37. The van der Waals surface area contributed by atoms with E-state index in [1.807, 2.05) is 48.7 Å². The lowest BCUT2D eigenvalue weighted by molar-refractivity contribution is 1.08. The Kier molecular flexibility index (Phi) is 3.39. The van der Waals surface area contributed by atoms with Crippen LogP contribution in [0.5, 0.6) is 0 Å². The number of aromatic nitrogens is 3. The molecule has 3 aromatic rings. The summed E-state index contributed by atoms with van der Waals surface area (Å²) in [6.07, 6.45) is 2.50. The molecule has 0 aliphatic carbocycles. The smallest absolute Gasteiger partial charge is 0.222 e. The van der Waals surface area contributed by atoms with Gasteiger partial charge in [-0.05, 0) is 17.7 Å². The van der Waals surface area contributed by atoms with Crippen LogP contribution in [0, 0.1) is 0 Å². The SMILES string of the molecule is Nc1nc(Cl)c(Cc2ccccc2)c(-c2ccc[nH]2)n1. The highest BCUT2D eigenvalue weighted by molar-refractivity contribution is 6.30. The number of nitrogens with zero attached hydrogens (tertiary/aromatic N) is 2. The maximum Gasteiger partial charge on any atom is 0.222 e. The van der Waals surface area contributed by atoms with Crippen LogP contribution in [0.3, 0.4) is 0 Å². The van der Waals surface area contributed by atoms with Crippen molar-refractivity contribution in [1.82, 2.24) is 15.0 Å². The molecule has 2 heterocycles. The lowest BCUT2D eigenvalue weighted by atomic mass is 10.0. The highest BCUT2D eigenvalue weighted by atomic mass is 35.5. The molecule has 20 heavy (non-hydrogen) atoms. The van der Waals surface area contributed by atoms with E-state index in [1.54, 1.807) is 0 Å². The van der Waals surface area contributed by atoms with Crippen LogP contribution in [-0.2, 0) is 6.42 Å². The molecule has 1 aromatic carbocycles. The number of nitrogens with one attached hydrogen (secondary N) is 1. The van der Waals surface area contributed by atoms with Gasteiger partial charge in [0.2, 0.25) is 5.95 Å². The zero-order chi connectivity index (χ0) is 13.9. The van der Waals surface area contributed by atoms with Gasteiger partial charge in [-0.25, -0.2) is 9.97 Å². The van der Waals surface area contributed by atoms with Crippen molar-refractivity contribution in [2.75, 3.05) is 5.73 Å². The predicted octanol–water partition coefficient (Wildman–Crippen LogP) is 3.30. The first-order valence-electron chi connectivity index (χ1n) is 6.23. The van der Waals surface area contributed by atoms with Crippen LogP contribution in [0.1, 0.15) is 11.1 Å². The van der Waals surface area contributed by atoms with Crippen LogP contribution in [0.15, 0.2) is 48.7 Å². The molecule has 0 atom stereocenters. The third-order valence-electron chi connectivity index (χ3n) is 3.05. The summed E-state index contributed by atoms with van der Waals surface area (Å²) < 4.78 is 0. The van der Waals surface area contributed by atoms with Crippen LogP contribution in [0.2, 0.25) is 5.15 Å². The summed E-state index contributed by atoms with van der Waals surface area (Å²) in [5.74, 6) is 0.177. The van der Waals surface area contributed by atoms with E-state index in [1.165, 1.54) is 0 Å². The Labute approximate surface area is 121 Å². The second kappa shape index (κ2) is 5.35. The van der Waals surface area contributed by atoms with Crippen LogP contribution in [0.25, 0.3) is 11.4 Å². The molecule has 100 valence electrons. The lowest BCUT2D eigenvalue weighted by Crippen LogP contribution is -2.03. The molecular formula is C15H13ClN4. The van der Waals surface area contributed by atoms with Crippen molar-refractivity contribution in [2.45, 2.75) is 6.42 Å². The molecule has 0 saturated carbocycles. The van der Waals surface area contributed by atoms with Crippen molar-refractivity contribution in [3.8, 4) is 11.4 Å². The molecule has 0 spiro atoms. The molecule has 5 heteroatoms. The third-order valence-corrected chi connectivity index (χ3v) is 3.36. The van der Waals surface area contributed by atoms with Crippen molar-refractivity contribution in [3.63, 3.8) is 0 Å². The van der Waals surface area contributed by atoms with Crippen LogP contribution >= 0.6 is 11.6 Å². The van der Waals surface area contributed by atoms with E-state index in [9.17, 15) is 0 Å². The fourth-order valence-electron chi connectivity index (χ4n) is 2.13. The number of nitrogen functional groups attached to an aromatic ring is 1. The molecule has 0 amide bonds. The third kappa shape index (κ3) is 2.51. The van der Waals surface area contributed by atoms with Crippen LogP contribution in [-0.4, -0.2) is 15.0 Å². The Morgan fingerprint density at radius 1 is 1.05 bits per heavy atom. The number of benzene rings is 1. The van der Waals surface area contributed by atoms with E-state index in [2.05, 4.69) is 15.0 Å². The van der Waals surface area contributed by atoms with Gasteiger partial charge < -0.3 is 10.7 Å². The lowest BCUT2D eigenvalue weighted by Gasteiger charge is -2.10. The molecule has 2 aromatic heterocycles. The Hall–Kier alpha value is -2.33. The molecule has 0 unspecified atom stereocenters. The molecular weight excluding hydrogens is 272 g/mol. The first-order valence-corrected chi connectivity index (χ1v) is 6.61. The average Bonchev–Trinajstić information content (AvgIpc) is 2.96. The quantitative estimate of drug-likeness (QED) is 0.725. The van der Waals surface area contributed by atoms with Gasteiger partial charge in [-0.1, -0.05) is 41.9 Å². The van der Waals surface area contributed by atoms with Gasteiger partial charge in [-0.2, -0.15) is 0 Å². The largest absolute Gasteiger partial charge is 0.368 e. The summed E-state index contributed by atoms with van der Waals surface area (Å²) in [4.78, 5) is 11.5. The number of H-pyrrole nitrogens is 1. The number of rotatable bonds is 3. The Morgan fingerprint density at radius 2 is 1.85 bits per heavy atom. The molecule has 4 nitrogen and oxygen atoms in total. The molecule has 0 aliphatic rings. The number of aromatic amines is 1. The second-order valence-electron chi connectivity index (χ2n) is 4.45. The first kappa shape index (κ1) is 12.7. The van der Waals surface area contributed by atoms with Gasteiger partial charge >= 0.3 is 0 Å². The minimum atomic E-state index is 0.177.